The molecule has 9 heteroatoms. The molecule has 0 aliphatic rings. The fourth-order valence-corrected chi connectivity index (χ4v) is 3.47. The van der Waals surface area contributed by atoms with Gasteiger partial charge in [-0.25, -0.2) is 13.2 Å². The minimum Gasteiger partial charge on any atom is -0.457 e. The average Bonchev–Trinajstić information content (AvgIpc) is 2.74. The van der Waals surface area contributed by atoms with Crippen LogP contribution in [0.5, 0.6) is 0 Å². The molecule has 0 radical (unpaired) electrons. The Morgan fingerprint density at radius 2 is 1.77 bits per heavy atom. The van der Waals surface area contributed by atoms with Crippen molar-refractivity contribution in [2.45, 2.75) is 32.5 Å². The normalized spacial score (nSPS) is 12.4. The van der Waals surface area contributed by atoms with Crippen molar-refractivity contribution in [2.75, 3.05) is 19.1 Å². The Kier molecular flexibility index (Phi) is 11.5. The number of guanidine groups is 1. The number of ether oxygens (including phenoxy) is 1. The molecule has 0 bridgehead atoms. The molecule has 7 nitrogen and oxygen atoms in total. The standard InChI is InChI=1S/C22H29N3O4S.HI/c1-17(12-13-30(3,27)28)25-22(23-2)24-15-19-10-7-11-20(14-19)21(26)29-16-18-8-5-4-6-9-18;/h4-11,14,17H,12-13,15-16H2,1-3H3,(H2,23,24,25);1H. The van der Waals surface area contributed by atoms with Gasteiger partial charge in [-0.05, 0) is 36.6 Å². The van der Waals surface area contributed by atoms with E-state index < -0.39 is 9.84 Å². The number of benzene rings is 2. The van der Waals surface area contributed by atoms with Gasteiger partial charge in [-0.15, -0.1) is 24.0 Å². The molecule has 170 valence electrons. The van der Waals surface area contributed by atoms with Crippen LogP contribution < -0.4 is 10.6 Å². The van der Waals surface area contributed by atoms with Crippen molar-refractivity contribution in [2.24, 2.45) is 4.99 Å². The number of aliphatic imine (C=N–C) groups is 1. The Morgan fingerprint density at radius 3 is 2.42 bits per heavy atom. The Bertz CT molecular complexity index is 966. The minimum absolute atomic E-state index is 0. The summed E-state index contributed by atoms with van der Waals surface area (Å²) >= 11 is 0. The van der Waals surface area contributed by atoms with Gasteiger partial charge in [-0.3, -0.25) is 4.99 Å². The lowest BCUT2D eigenvalue weighted by molar-refractivity contribution is 0.0472. The number of carbonyl (C=O) groups excluding carboxylic acids is 1. The van der Waals surface area contributed by atoms with Crippen LogP contribution in [0.1, 0.15) is 34.8 Å². The summed E-state index contributed by atoms with van der Waals surface area (Å²) in [5, 5.41) is 6.34. The number of halogens is 1. The molecule has 2 aromatic carbocycles. The molecule has 2 aromatic rings. The van der Waals surface area contributed by atoms with Gasteiger partial charge in [0.1, 0.15) is 16.4 Å². The second-order valence-corrected chi connectivity index (χ2v) is 9.41. The van der Waals surface area contributed by atoms with E-state index in [-0.39, 0.29) is 48.3 Å². The van der Waals surface area contributed by atoms with Crippen molar-refractivity contribution >= 4 is 45.7 Å². The predicted octanol–water partition coefficient (Wildman–Crippen LogP) is 3.15. The molecule has 0 aliphatic heterocycles. The smallest absolute Gasteiger partial charge is 0.338 e. The van der Waals surface area contributed by atoms with Crippen molar-refractivity contribution in [1.82, 2.24) is 10.6 Å². The van der Waals surface area contributed by atoms with Crippen LogP contribution in [0, 0.1) is 0 Å². The van der Waals surface area contributed by atoms with E-state index >= 15 is 0 Å². The van der Waals surface area contributed by atoms with Gasteiger partial charge in [0.15, 0.2) is 5.96 Å². The molecule has 31 heavy (non-hydrogen) atoms. The maximum atomic E-state index is 12.3. The first-order valence-electron chi connectivity index (χ1n) is 9.71. The van der Waals surface area contributed by atoms with Crippen molar-refractivity contribution in [3.05, 3.63) is 71.3 Å². The zero-order valence-electron chi connectivity index (χ0n) is 18.0. The Hall–Kier alpha value is -2.14. The second kappa shape index (κ2) is 13.3. The monoisotopic (exact) mass is 559 g/mol. The molecule has 0 spiro atoms. The summed E-state index contributed by atoms with van der Waals surface area (Å²) in [4.78, 5) is 16.5. The number of nitrogens with one attached hydrogen (secondary N) is 2. The Balaban J connectivity index is 0.00000480. The molecule has 0 aromatic heterocycles. The van der Waals surface area contributed by atoms with Crippen LogP contribution in [0.15, 0.2) is 59.6 Å². The Morgan fingerprint density at radius 1 is 1.10 bits per heavy atom. The van der Waals surface area contributed by atoms with Crippen LogP contribution >= 0.6 is 24.0 Å². The Labute approximate surface area is 201 Å². The third kappa shape index (κ3) is 10.6. The summed E-state index contributed by atoms with van der Waals surface area (Å²) in [6, 6.07) is 16.7. The number of hydrogen-bond acceptors (Lipinski definition) is 5. The lowest BCUT2D eigenvalue weighted by Gasteiger charge is -2.17. The number of rotatable bonds is 9. The summed E-state index contributed by atoms with van der Waals surface area (Å²) in [5.41, 5.74) is 2.31. The van der Waals surface area contributed by atoms with E-state index in [1.165, 1.54) is 6.26 Å². The van der Waals surface area contributed by atoms with Gasteiger partial charge < -0.3 is 15.4 Å². The number of hydrogen-bond donors (Lipinski definition) is 2. The number of carbonyl (C=O) groups is 1. The highest BCUT2D eigenvalue weighted by Crippen LogP contribution is 2.09. The maximum absolute atomic E-state index is 12.3. The van der Waals surface area contributed by atoms with Crippen molar-refractivity contribution in [1.29, 1.82) is 0 Å². The third-order valence-corrected chi connectivity index (χ3v) is 5.34. The number of esters is 1. The van der Waals surface area contributed by atoms with Crippen LogP contribution in [0.3, 0.4) is 0 Å². The lowest BCUT2D eigenvalue weighted by atomic mass is 10.1. The van der Waals surface area contributed by atoms with Crippen LogP contribution in [0.25, 0.3) is 0 Å². The van der Waals surface area contributed by atoms with E-state index in [0.29, 0.717) is 24.5 Å². The second-order valence-electron chi connectivity index (χ2n) is 7.15. The summed E-state index contributed by atoms with van der Waals surface area (Å²) in [5.74, 6) is 0.302. The highest BCUT2D eigenvalue weighted by atomic mass is 127. The first kappa shape index (κ1) is 26.9. The highest BCUT2D eigenvalue weighted by Gasteiger charge is 2.11. The molecule has 0 aliphatic carbocycles. The molecule has 0 heterocycles. The van der Waals surface area contributed by atoms with Gasteiger partial charge in [0, 0.05) is 25.9 Å². The van der Waals surface area contributed by atoms with Crippen LogP contribution in [-0.2, 0) is 27.7 Å². The van der Waals surface area contributed by atoms with Crippen molar-refractivity contribution in [3.63, 3.8) is 0 Å². The van der Waals surface area contributed by atoms with Gasteiger partial charge >= 0.3 is 5.97 Å². The molecule has 1 unspecified atom stereocenters. The zero-order valence-corrected chi connectivity index (χ0v) is 21.1. The van der Waals surface area contributed by atoms with Crippen LogP contribution in [0.2, 0.25) is 0 Å². The highest BCUT2D eigenvalue weighted by molar-refractivity contribution is 14.0. The zero-order chi connectivity index (χ0) is 22.0. The van der Waals surface area contributed by atoms with E-state index in [1.54, 1.807) is 25.2 Å². The van der Waals surface area contributed by atoms with Gasteiger partial charge in [-0.2, -0.15) is 0 Å². The summed E-state index contributed by atoms with van der Waals surface area (Å²) in [7, 11) is -1.35. The van der Waals surface area contributed by atoms with Crippen molar-refractivity contribution in [3.8, 4) is 0 Å². The van der Waals surface area contributed by atoms with Gasteiger partial charge in [-0.1, -0.05) is 42.5 Å². The molecule has 0 fully saturated rings. The summed E-state index contributed by atoms with van der Waals surface area (Å²) < 4.78 is 28.0. The van der Waals surface area contributed by atoms with E-state index in [1.807, 2.05) is 43.3 Å². The van der Waals surface area contributed by atoms with Gasteiger partial charge in [0.25, 0.3) is 0 Å². The number of sulfone groups is 1. The lowest BCUT2D eigenvalue weighted by Crippen LogP contribution is -2.42. The summed E-state index contributed by atoms with van der Waals surface area (Å²) in [6.07, 6.45) is 1.72. The van der Waals surface area contributed by atoms with Crippen LogP contribution in [-0.4, -0.2) is 45.4 Å². The van der Waals surface area contributed by atoms with Crippen LogP contribution in [0.4, 0.5) is 0 Å². The molecular weight excluding hydrogens is 529 g/mol. The fourth-order valence-electron chi connectivity index (χ4n) is 2.69. The molecule has 0 saturated heterocycles. The molecule has 0 amide bonds. The van der Waals surface area contributed by atoms with E-state index in [9.17, 15) is 13.2 Å². The fraction of sp³-hybridized carbons (Fsp3) is 0.364. The topological polar surface area (TPSA) is 96.9 Å². The first-order valence-corrected chi connectivity index (χ1v) is 11.8. The molecule has 1 atom stereocenters. The van der Waals surface area contributed by atoms with Gasteiger partial charge in [0.2, 0.25) is 0 Å². The molecule has 0 saturated carbocycles. The molecule has 2 rings (SSSR count). The van der Waals surface area contributed by atoms with E-state index in [2.05, 4.69) is 15.6 Å². The SMILES string of the molecule is CN=C(NCc1cccc(C(=O)OCc2ccccc2)c1)NC(C)CCS(C)(=O)=O.I. The minimum atomic E-state index is -3.00. The van der Waals surface area contributed by atoms with E-state index in [4.69, 9.17) is 4.74 Å². The van der Waals surface area contributed by atoms with E-state index in [0.717, 1.165) is 11.1 Å². The molecular formula is C22H30IN3O4S. The quantitative estimate of drug-likeness (QED) is 0.212. The summed E-state index contributed by atoms with van der Waals surface area (Å²) in [6.45, 7) is 2.59. The average molecular weight is 559 g/mol. The maximum Gasteiger partial charge on any atom is 0.338 e. The van der Waals surface area contributed by atoms with Crippen molar-refractivity contribution < 1.29 is 17.9 Å². The number of nitrogens with zero attached hydrogens (tertiary/aromatic N) is 1. The predicted molar refractivity (Wildman–Crippen MR) is 135 cm³/mol. The molecule has 2 N–H and O–H groups in total. The largest absolute Gasteiger partial charge is 0.457 e. The van der Waals surface area contributed by atoms with Gasteiger partial charge in [0.05, 0.1) is 11.3 Å². The first-order chi connectivity index (χ1) is 14.3. The third-order valence-electron chi connectivity index (χ3n) is 4.36.